The van der Waals surface area contributed by atoms with Gasteiger partial charge in [-0.05, 0) is 49.7 Å². The van der Waals surface area contributed by atoms with Crippen molar-refractivity contribution in [3.8, 4) is 5.75 Å². The molecule has 1 N–H and O–H groups in total. The van der Waals surface area contributed by atoms with E-state index in [1.165, 1.54) is 36.8 Å². The normalized spacial score (nSPS) is 29.7. The Morgan fingerprint density at radius 2 is 1.81 bits per heavy atom. The van der Waals surface area contributed by atoms with Crippen LogP contribution in [-0.4, -0.2) is 28.1 Å². The van der Waals surface area contributed by atoms with Gasteiger partial charge in [0.1, 0.15) is 5.75 Å². The van der Waals surface area contributed by atoms with E-state index in [0.717, 1.165) is 12.8 Å². The molecule has 2 unspecified atom stereocenters. The fourth-order valence-corrected chi connectivity index (χ4v) is 8.76. The Hall–Kier alpha value is -0.950. The smallest absolute Gasteiger partial charge is 0.387 e. The molecule has 2 atom stereocenters. The SMILES string of the molecule is O=C(Nc1ccccc1OC(F)F)C1CC2CCCC(C1)C21SCCS1. The Morgan fingerprint density at radius 1 is 1.15 bits per heavy atom. The van der Waals surface area contributed by atoms with Crippen LogP contribution in [0, 0.1) is 17.8 Å². The molecule has 1 heterocycles. The Balaban J connectivity index is 1.47. The number of carbonyl (C=O) groups excluding carboxylic acids is 1. The Labute approximate surface area is 161 Å². The summed E-state index contributed by atoms with van der Waals surface area (Å²) in [5.41, 5.74) is 0.327. The summed E-state index contributed by atoms with van der Waals surface area (Å²) in [4.78, 5) is 12.9. The number of nitrogens with one attached hydrogen (secondary N) is 1. The van der Waals surface area contributed by atoms with Gasteiger partial charge in [0.05, 0.1) is 9.77 Å². The van der Waals surface area contributed by atoms with Gasteiger partial charge in [-0.2, -0.15) is 8.78 Å². The van der Waals surface area contributed by atoms with Crippen molar-refractivity contribution >= 4 is 35.1 Å². The van der Waals surface area contributed by atoms with E-state index >= 15 is 0 Å². The molecule has 1 amide bonds. The van der Waals surface area contributed by atoms with E-state index in [-0.39, 0.29) is 17.6 Å². The van der Waals surface area contributed by atoms with E-state index in [4.69, 9.17) is 0 Å². The molecule has 7 heteroatoms. The number of hydrogen-bond donors (Lipinski definition) is 1. The number of halogens is 2. The van der Waals surface area contributed by atoms with Crippen LogP contribution in [0.25, 0.3) is 0 Å². The van der Waals surface area contributed by atoms with E-state index in [1.807, 2.05) is 0 Å². The minimum absolute atomic E-state index is 0.0187. The van der Waals surface area contributed by atoms with Crippen molar-refractivity contribution < 1.29 is 18.3 Å². The van der Waals surface area contributed by atoms with Crippen LogP contribution in [0.4, 0.5) is 14.5 Å². The zero-order chi connectivity index (χ0) is 18.1. The van der Waals surface area contributed by atoms with Crippen LogP contribution in [-0.2, 0) is 4.79 Å². The van der Waals surface area contributed by atoms with Crippen LogP contribution in [0.1, 0.15) is 32.1 Å². The lowest BCUT2D eigenvalue weighted by Gasteiger charge is -2.52. The molecule has 1 spiro atoms. The standard InChI is InChI=1S/C19H23F2NO2S2/c20-18(21)24-16-7-2-1-6-15(16)22-17(23)12-10-13-4-3-5-14(11-12)19(13)25-8-9-26-19/h1-2,6-7,12-14,18H,3-5,8-11H2,(H,22,23). The van der Waals surface area contributed by atoms with E-state index in [1.54, 1.807) is 18.2 Å². The quantitative estimate of drug-likeness (QED) is 0.752. The minimum Gasteiger partial charge on any atom is -0.433 e. The summed E-state index contributed by atoms with van der Waals surface area (Å²) in [6.45, 7) is -2.90. The van der Waals surface area contributed by atoms with Crippen LogP contribution in [0.5, 0.6) is 5.75 Å². The van der Waals surface area contributed by atoms with Gasteiger partial charge in [0.15, 0.2) is 0 Å². The predicted octanol–water partition coefficient (Wildman–Crippen LogP) is 5.23. The van der Waals surface area contributed by atoms with Gasteiger partial charge >= 0.3 is 6.61 Å². The van der Waals surface area contributed by atoms with Crippen molar-refractivity contribution in [2.45, 2.75) is 42.8 Å². The highest BCUT2D eigenvalue weighted by molar-refractivity contribution is 8.21. The van der Waals surface area contributed by atoms with Crippen LogP contribution >= 0.6 is 23.5 Å². The number of carbonyl (C=O) groups is 1. The third-order valence-corrected chi connectivity index (χ3v) is 9.87. The van der Waals surface area contributed by atoms with Crippen molar-refractivity contribution in [1.82, 2.24) is 0 Å². The van der Waals surface area contributed by atoms with Gasteiger partial charge in [0.25, 0.3) is 0 Å². The molecule has 1 saturated heterocycles. The number of amides is 1. The van der Waals surface area contributed by atoms with E-state index < -0.39 is 6.61 Å². The predicted molar refractivity (Wildman–Crippen MR) is 103 cm³/mol. The van der Waals surface area contributed by atoms with Gasteiger partial charge < -0.3 is 10.1 Å². The Kier molecular flexibility index (Phi) is 5.37. The monoisotopic (exact) mass is 399 g/mol. The summed E-state index contributed by atoms with van der Waals surface area (Å²) in [5.74, 6) is 3.50. The molecule has 2 bridgehead atoms. The molecule has 2 saturated carbocycles. The number of para-hydroxylation sites is 2. The molecule has 1 aliphatic heterocycles. The fourth-order valence-electron chi connectivity index (χ4n) is 4.83. The average molecular weight is 400 g/mol. The number of hydrogen-bond acceptors (Lipinski definition) is 4. The molecule has 0 aromatic heterocycles. The molecule has 26 heavy (non-hydrogen) atoms. The topological polar surface area (TPSA) is 38.3 Å². The van der Waals surface area contributed by atoms with E-state index in [9.17, 15) is 13.6 Å². The highest BCUT2D eigenvalue weighted by Gasteiger charge is 2.55. The van der Waals surface area contributed by atoms with Crippen LogP contribution in [0.15, 0.2) is 24.3 Å². The molecular formula is C19H23F2NO2S2. The Bertz CT molecular complexity index is 651. The van der Waals surface area contributed by atoms with Gasteiger partial charge in [-0.25, -0.2) is 0 Å². The summed E-state index contributed by atoms with van der Waals surface area (Å²) < 4.78 is 30.0. The van der Waals surface area contributed by atoms with E-state index in [2.05, 4.69) is 33.6 Å². The molecule has 0 radical (unpaired) electrons. The maximum absolute atomic E-state index is 12.9. The molecule has 3 nitrogen and oxygen atoms in total. The van der Waals surface area contributed by atoms with Crippen LogP contribution in [0.3, 0.4) is 0 Å². The third kappa shape index (κ3) is 3.44. The lowest BCUT2D eigenvalue weighted by Crippen LogP contribution is -2.48. The van der Waals surface area contributed by atoms with Gasteiger partial charge in [-0.15, -0.1) is 23.5 Å². The first-order valence-corrected chi connectivity index (χ1v) is 11.2. The first-order chi connectivity index (χ1) is 12.6. The maximum atomic E-state index is 12.9. The second kappa shape index (κ2) is 7.58. The number of alkyl halides is 2. The lowest BCUT2D eigenvalue weighted by molar-refractivity contribution is -0.122. The summed E-state index contributed by atoms with van der Waals surface area (Å²) in [6.07, 6.45) is 5.47. The van der Waals surface area contributed by atoms with Crippen LogP contribution < -0.4 is 10.1 Å². The van der Waals surface area contributed by atoms with Crippen LogP contribution in [0.2, 0.25) is 0 Å². The first kappa shape index (κ1) is 18.4. The average Bonchev–Trinajstić information content (AvgIpc) is 3.05. The van der Waals surface area contributed by atoms with Crippen molar-refractivity contribution in [1.29, 1.82) is 0 Å². The molecule has 1 aromatic rings. The molecule has 2 aliphatic carbocycles. The van der Waals surface area contributed by atoms with Crippen molar-refractivity contribution in [3.63, 3.8) is 0 Å². The van der Waals surface area contributed by atoms with Crippen molar-refractivity contribution in [3.05, 3.63) is 24.3 Å². The second-order valence-corrected chi connectivity index (χ2v) is 10.3. The van der Waals surface area contributed by atoms with Crippen molar-refractivity contribution in [2.24, 2.45) is 17.8 Å². The number of benzene rings is 1. The zero-order valence-electron chi connectivity index (χ0n) is 14.5. The number of ether oxygens (including phenoxy) is 1. The zero-order valence-corrected chi connectivity index (χ0v) is 16.1. The van der Waals surface area contributed by atoms with Crippen molar-refractivity contribution in [2.75, 3.05) is 16.8 Å². The maximum Gasteiger partial charge on any atom is 0.387 e. The molecule has 3 fully saturated rings. The number of rotatable bonds is 4. The fraction of sp³-hybridized carbons (Fsp3) is 0.632. The summed E-state index contributed by atoms with van der Waals surface area (Å²) >= 11 is 4.23. The first-order valence-electron chi connectivity index (χ1n) is 9.21. The summed E-state index contributed by atoms with van der Waals surface area (Å²) in [6, 6.07) is 6.41. The Morgan fingerprint density at radius 3 is 2.46 bits per heavy atom. The molecule has 4 rings (SSSR count). The van der Waals surface area contributed by atoms with Gasteiger partial charge in [0.2, 0.25) is 5.91 Å². The molecular weight excluding hydrogens is 376 g/mol. The molecule has 3 aliphatic rings. The second-order valence-electron chi connectivity index (χ2n) is 7.28. The minimum atomic E-state index is -2.90. The highest BCUT2D eigenvalue weighted by Crippen LogP contribution is 2.64. The van der Waals surface area contributed by atoms with E-state index in [0.29, 0.717) is 21.6 Å². The molecule has 142 valence electrons. The highest BCUT2D eigenvalue weighted by atomic mass is 32.2. The largest absolute Gasteiger partial charge is 0.433 e. The number of anilines is 1. The number of thioether (sulfide) groups is 2. The summed E-state index contributed by atoms with van der Waals surface area (Å²) in [5, 5.41) is 2.84. The lowest BCUT2D eigenvalue weighted by atomic mass is 9.67. The van der Waals surface area contributed by atoms with Gasteiger partial charge in [0, 0.05) is 17.4 Å². The molecule has 1 aromatic carbocycles. The summed E-state index contributed by atoms with van der Waals surface area (Å²) in [7, 11) is 0. The van der Waals surface area contributed by atoms with Gasteiger partial charge in [-0.1, -0.05) is 18.6 Å². The van der Waals surface area contributed by atoms with Gasteiger partial charge in [-0.3, -0.25) is 4.79 Å². The third-order valence-electron chi connectivity index (χ3n) is 5.85.